The fraction of sp³-hybridized carbons (Fsp3) is 0.727. The third-order valence-corrected chi connectivity index (χ3v) is 2.73. The first-order valence-electron chi connectivity index (χ1n) is 5.73. The highest BCUT2D eigenvalue weighted by molar-refractivity contribution is 5.89. The maximum Gasteiger partial charge on any atom is 0.292 e. The van der Waals surface area contributed by atoms with Gasteiger partial charge in [0.1, 0.15) is 0 Å². The molecule has 1 aromatic rings. The van der Waals surface area contributed by atoms with Gasteiger partial charge in [-0.05, 0) is 24.8 Å². The Morgan fingerprint density at radius 3 is 2.76 bits per heavy atom. The first-order chi connectivity index (χ1) is 7.98. The van der Waals surface area contributed by atoms with Crippen molar-refractivity contribution in [2.45, 2.75) is 33.1 Å². The van der Waals surface area contributed by atoms with Crippen LogP contribution in [0.2, 0.25) is 0 Å². The smallest absolute Gasteiger partial charge is 0.292 e. The summed E-state index contributed by atoms with van der Waals surface area (Å²) in [5.41, 5.74) is 5.69. The van der Waals surface area contributed by atoms with Gasteiger partial charge in [-0.25, -0.2) is 0 Å². The van der Waals surface area contributed by atoms with Gasteiger partial charge in [0.2, 0.25) is 5.89 Å². The van der Waals surface area contributed by atoms with E-state index in [2.05, 4.69) is 29.3 Å². The third-order valence-electron chi connectivity index (χ3n) is 2.73. The highest BCUT2D eigenvalue weighted by atomic mass is 16.5. The van der Waals surface area contributed by atoms with Crippen LogP contribution in [0.25, 0.3) is 0 Å². The molecule has 0 aromatic carbocycles. The lowest BCUT2D eigenvalue weighted by molar-refractivity contribution is 0.0950. The largest absolute Gasteiger partial charge is 0.352 e. The molecule has 1 amide bonds. The molecule has 17 heavy (non-hydrogen) atoms. The van der Waals surface area contributed by atoms with Gasteiger partial charge in [0.15, 0.2) is 0 Å². The predicted octanol–water partition coefficient (Wildman–Crippen LogP) is 0.737. The van der Waals surface area contributed by atoms with Crippen molar-refractivity contribution in [3.8, 4) is 0 Å². The average Bonchev–Trinajstić information content (AvgIpc) is 2.74. The number of nitrogens with zero attached hydrogens (tertiary/aromatic N) is 2. The molecule has 0 aliphatic carbocycles. The van der Waals surface area contributed by atoms with Gasteiger partial charge in [-0.2, -0.15) is 4.98 Å². The summed E-state index contributed by atoms with van der Waals surface area (Å²) in [4.78, 5) is 15.2. The Morgan fingerprint density at radius 1 is 1.47 bits per heavy atom. The zero-order valence-electron chi connectivity index (χ0n) is 10.6. The number of rotatable bonds is 6. The molecule has 3 N–H and O–H groups in total. The van der Waals surface area contributed by atoms with E-state index in [1.54, 1.807) is 0 Å². The van der Waals surface area contributed by atoms with Crippen molar-refractivity contribution in [2.75, 3.05) is 13.6 Å². The standard InChI is InChI=1S/C11H20N4O2/c1-11(2,6-7-12)5-4-8-14-9(15-17-8)10(16)13-3/h4-7,12H2,1-3H3,(H,13,16). The Bertz CT molecular complexity index is 373. The van der Waals surface area contributed by atoms with Gasteiger partial charge in [-0.1, -0.05) is 19.0 Å². The van der Waals surface area contributed by atoms with Crippen molar-refractivity contribution >= 4 is 5.91 Å². The van der Waals surface area contributed by atoms with Crippen LogP contribution < -0.4 is 11.1 Å². The molecule has 6 heteroatoms. The minimum Gasteiger partial charge on any atom is -0.352 e. The highest BCUT2D eigenvalue weighted by Gasteiger charge is 2.19. The normalized spacial score (nSPS) is 11.5. The van der Waals surface area contributed by atoms with Crippen LogP contribution in [0.5, 0.6) is 0 Å². The summed E-state index contributed by atoms with van der Waals surface area (Å²) in [5, 5.41) is 6.06. The van der Waals surface area contributed by atoms with Crippen molar-refractivity contribution in [1.29, 1.82) is 0 Å². The maximum absolute atomic E-state index is 11.2. The number of carbonyl (C=O) groups excluding carboxylic acids is 1. The summed E-state index contributed by atoms with van der Waals surface area (Å²) < 4.78 is 5.01. The second kappa shape index (κ2) is 5.77. The van der Waals surface area contributed by atoms with E-state index in [1.165, 1.54) is 7.05 Å². The Labute approximate surface area is 101 Å². The van der Waals surface area contributed by atoms with E-state index in [4.69, 9.17) is 10.3 Å². The molecule has 0 spiro atoms. The minimum atomic E-state index is -0.332. The van der Waals surface area contributed by atoms with Gasteiger partial charge >= 0.3 is 0 Å². The van der Waals surface area contributed by atoms with E-state index >= 15 is 0 Å². The molecule has 0 bridgehead atoms. The van der Waals surface area contributed by atoms with Crippen LogP contribution in [0, 0.1) is 5.41 Å². The highest BCUT2D eigenvalue weighted by Crippen LogP contribution is 2.25. The maximum atomic E-state index is 11.2. The van der Waals surface area contributed by atoms with Crippen molar-refractivity contribution < 1.29 is 9.32 Å². The molecule has 0 atom stereocenters. The second-order valence-electron chi connectivity index (χ2n) is 4.79. The molecule has 1 rings (SSSR count). The lowest BCUT2D eigenvalue weighted by Gasteiger charge is -2.22. The van der Waals surface area contributed by atoms with E-state index in [-0.39, 0.29) is 17.1 Å². The summed E-state index contributed by atoms with van der Waals surface area (Å²) >= 11 is 0. The summed E-state index contributed by atoms with van der Waals surface area (Å²) in [6.07, 6.45) is 2.51. The van der Waals surface area contributed by atoms with Crippen LogP contribution in [-0.4, -0.2) is 29.6 Å². The van der Waals surface area contributed by atoms with Crippen molar-refractivity contribution in [3.63, 3.8) is 0 Å². The summed E-state index contributed by atoms with van der Waals surface area (Å²) in [5.74, 6) is 0.244. The van der Waals surface area contributed by atoms with Gasteiger partial charge in [0.05, 0.1) is 0 Å². The summed E-state index contributed by atoms with van der Waals surface area (Å²) in [7, 11) is 1.53. The molecule has 1 aromatic heterocycles. The third kappa shape index (κ3) is 4.14. The van der Waals surface area contributed by atoms with Gasteiger partial charge in [0.25, 0.3) is 11.7 Å². The summed E-state index contributed by atoms with van der Waals surface area (Å²) in [6, 6.07) is 0. The van der Waals surface area contributed by atoms with Crippen molar-refractivity contribution in [1.82, 2.24) is 15.5 Å². The lowest BCUT2D eigenvalue weighted by atomic mass is 9.84. The Balaban J connectivity index is 2.53. The monoisotopic (exact) mass is 240 g/mol. The average molecular weight is 240 g/mol. The Morgan fingerprint density at radius 2 is 2.18 bits per heavy atom. The van der Waals surface area contributed by atoms with E-state index in [9.17, 15) is 4.79 Å². The van der Waals surface area contributed by atoms with Crippen LogP contribution in [0.3, 0.4) is 0 Å². The number of hydrogen-bond donors (Lipinski definition) is 2. The quantitative estimate of drug-likeness (QED) is 0.764. The molecular formula is C11H20N4O2. The van der Waals surface area contributed by atoms with E-state index in [0.29, 0.717) is 18.9 Å². The van der Waals surface area contributed by atoms with Crippen molar-refractivity contribution in [2.24, 2.45) is 11.1 Å². The molecule has 6 nitrogen and oxygen atoms in total. The van der Waals surface area contributed by atoms with Crippen LogP contribution in [0.4, 0.5) is 0 Å². The van der Waals surface area contributed by atoms with Gasteiger partial charge in [-0.15, -0.1) is 0 Å². The summed E-state index contributed by atoms with van der Waals surface area (Å²) in [6.45, 7) is 4.96. The molecule has 0 aliphatic heterocycles. The van der Waals surface area contributed by atoms with Crippen LogP contribution in [0.1, 0.15) is 43.2 Å². The molecule has 1 heterocycles. The zero-order valence-corrected chi connectivity index (χ0v) is 10.6. The van der Waals surface area contributed by atoms with Gasteiger partial charge in [-0.3, -0.25) is 4.79 Å². The SMILES string of the molecule is CNC(=O)c1noc(CCC(C)(C)CCN)n1. The van der Waals surface area contributed by atoms with Crippen LogP contribution >= 0.6 is 0 Å². The molecule has 0 saturated carbocycles. The molecule has 0 unspecified atom stereocenters. The number of nitrogens with two attached hydrogens (primary N) is 1. The molecule has 0 saturated heterocycles. The fourth-order valence-corrected chi connectivity index (χ4v) is 1.52. The second-order valence-corrected chi connectivity index (χ2v) is 4.79. The topological polar surface area (TPSA) is 94.0 Å². The van der Waals surface area contributed by atoms with Crippen molar-refractivity contribution in [3.05, 3.63) is 11.7 Å². The van der Waals surface area contributed by atoms with E-state index in [1.807, 2.05) is 0 Å². The Hall–Kier alpha value is -1.43. The predicted molar refractivity (Wildman–Crippen MR) is 63.5 cm³/mol. The number of aryl methyl sites for hydroxylation is 1. The number of aromatic nitrogens is 2. The lowest BCUT2D eigenvalue weighted by Crippen LogP contribution is -2.19. The van der Waals surface area contributed by atoms with Crippen LogP contribution in [-0.2, 0) is 6.42 Å². The molecule has 0 fully saturated rings. The fourth-order valence-electron chi connectivity index (χ4n) is 1.52. The number of carbonyl (C=O) groups is 1. The van der Waals surface area contributed by atoms with Gasteiger partial charge in [0, 0.05) is 13.5 Å². The van der Waals surface area contributed by atoms with Gasteiger partial charge < -0.3 is 15.6 Å². The Kier molecular flexibility index (Phi) is 4.62. The van der Waals surface area contributed by atoms with E-state index < -0.39 is 0 Å². The first-order valence-corrected chi connectivity index (χ1v) is 5.73. The zero-order chi connectivity index (χ0) is 12.9. The minimum absolute atomic E-state index is 0.0825. The number of nitrogens with one attached hydrogen (secondary N) is 1. The first kappa shape index (κ1) is 13.6. The van der Waals surface area contributed by atoms with Crippen LogP contribution in [0.15, 0.2) is 4.52 Å². The molecular weight excluding hydrogens is 220 g/mol. The molecule has 0 aliphatic rings. The molecule has 96 valence electrons. The number of amides is 1. The van der Waals surface area contributed by atoms with E-state index in [0.717, 1.165) is 12.8 Å². The number of hydrogen-bond acceptors (Lipinski definition) is 5. The molecule has 0 radical (unpaired) electrons.